The first-order valence-electron chi connectivity index (χ1n) is 7.00. The van der Waals surface area contributed by atoms with Crippen LogP contribution in [0.1, 0.15) is 11.8 Å². The maximum absolute atomic E-state index is 12.1. The third kappa shape index (κ3) is 3.35. The summed E-state index contributed by atoms with van der Waals surface area (Å²) in [5.41, 5.74) is 2.87. The quantitative estimate of drug-likeness (QED) is 0.519. The molecule has 0 bridgehead atoms. The van der Waals surface area contributed by atoms with Gasteiger partial charge >= 0.3 is 0 Å². The first-order valence-corrected chi connectivity index (χ1v) is 7.88. The molecule has 2 aromatic rings. The van der Waals surface area contributed by atoms with E-state index >= 15 is 0 Å². The van der Waals surface area contributed by atoms with Crippen LogP contribution >= 0.6 is 11.3 Å². The van der Waals surface area contributed by atoms with Crippen molar-refractivity contribution in [1.82, 2.24) is 5.43 Å². The predicted molar refractivity (Wildman–Crippen MR) is 87.7 cm³/mol. The van der Waals surface area contributed by atoms with Crippen LogP contribution in [0.15, 0.2) is 40.8 Å². The molecule has 1 aliphatic heterocycles. The lowest BCUT2D eigenvalue weighted by atomic mass is 10.2. The predicted octanol–water partition coefficient (Wildman–Crippen LogP) is 2.34. The van der Waals surface area contributed by atoms with Gasteiger partial charge in [-0.15, -0.1) is 11.3 Å². The molecule has 1 aliphatic rings. The maximum Gasteiger partial charge on any atom is 0.284 e. The molecule has 0 saturated carbocycles. The highest BCUT2D eigenvalue weighted by Gasteiger charge is 2.27. The number of nitrogens with one attached hydrogen (secondary N) is 1. The van der Waals surface area contributed by atoms with E-state index in [0.717, 1.165) is 0 Å². The zero-order valence-corrected chi connectivity index (χ0v) is 13.4. The van der Waals surface area contributed by atoms with Crippen LogP contribution in [0, 0.1) is 10.1 Å². The average molecular weight is 347 g/mol. The fourth-order valence-electron chi connectivity index (χ4n) is 2.03. The Balaban J connectivity index is 1.63. The summed E-state index contributed by atoms with van der Waals surface area (Å²) in [6.07, 6.45) is -0.811. The molecule has 1 aromatic heterocycles. The molecule has 124 valence electrons. The summed E-state index contributed by atoms with van der Waals surface area (Å²) in [4.78, 5) is 22.9. The van der Waals surface area contributed by atoms with Crippen LogP contribution < -0.4 is 14.9 Å². The average Bonchev–Trinajstić information content (AvgIpc) is 3.09. The molecule has 0 fully saturated rings. The van der Waals surface area contributed by atoms with Crippen molar-refractivity contribution < 1.29 is 19.2 Å². The van der Waals surface area contributed by atoms with Gasteiger partial charge in [-0.2, -0.15) is 5.10 Å². The van der Waals surface area contributed by atoms with Crippen molar-refractivity contribution in [3.63, 3.8) is 0 Å². The van der Waals surface area contributed by atoms with Crippen molar-refractivity contribution in [2.45, 2.75) is 13.0 Å². The van der Waals surface area contributed by atoms with E-state index in [-0.39, 0.29) is 12.3 Å². The number of thiophene rings is 1. The fourth-order valence-corrected chi connectivity index (χ4v) is 2.83. The first-order chi connectivity index (χ1) is 11.5. The van der Waals surface area contributed by atoms with Gasteiger partial charge in [-0.25, -0.2) is 5.43 Å². The third-order valence-corrected chi connectivity index (χ3v) is 4.31. The van der Waals surface area contributed by atoms with Crippen LogP contribution in [0.2, 0.25) is 0 Å². The molecular weight excluding hydrogens is 334 g/mol. The summed E-state index contributed by atoms with van der Waals surface area (Å²) >= 11 is 1.18. The summed E-state index contributed by atoms with van der Waals surface area (Å²) in [6.45, 7) is 1.74. The molecule has 1 amide bonds. The molecule has 9 heteroatoms. The van der Waals surface area contributed by atoms with Crippen molar-refractivity contribution in [3.05, 3.63) is 50.7 Å². The molecule has 0 aliphatic carbocycles. The Morgan fingerprint density at radius 3 is 2.88 bits per heavy atom. The highest BCUT2D eigenvalue weighted by molar-refractivity contribution is 7.12. The number of rotatable bonds is 4. The molecule has 0 radical (unpaired) electrons. The monoisotopic (exact) mass is 347 g/mol. The number of carbonyl (C=O) groups is 1. The molecule has 0 saturated heterocycles. The number of amides is 1. The first kappa shape index (κ1) is 15.9. The molecule has 24 heavy (non-hydrogen) atoms. The van der Waals surface area contributed by atoms with Crippen LogP contribution in [0.4, 0.5) is 5.69 Å². The molecule has 8 nitrogen and oxygen atoms in total. The van der Waals surface area contributed by atoms with Crippen molar-refractivity contribution >= 4 is 28.6 Å². The van der Waals surface area contributed by atoms with Gasteiger partial charge < -0.3 is 9.47 Å². The lowest BCUT2D eigenvalue weighted by Gasteiger charge is -2.24. The normalized spacial score (nSPS) is 16.5. The molecule has 1 atom stereocenters. The van der Waals surface area contributed by atoms with Gasteiger partial charge in [0.15, 0.2) is 11.5 Å². The van der Waals surface area contributed by atoms with Crippen LogP contribution in [-0.2, 0) is 4.79 Å². The van der Waals surface area contributed by atoms with E-state index in [1.807, 2.05) is 6.07 Å². The van der Waals surface area contributed by atoms with E-state index in [1.165, 1.54) is 22.8 Å². The summed E-state index contributed by atoms with van der Waals surface area (Å²) < 4.78 is 11.0. The molecule has 2 heterocycles. The molecular formula is C15H13N3O5S. The molecule has 1 N–H and O–H groups in total. The standard InChI is InChI=1S/C15H13N3O5S/c1-9(14-6-10(8-24-14)18(20)21)16-17-15(19)13-7-22-11-4-2-3-5-12(11)23-13/h2-6,8,13H,7H2,1H3,(H,17,19)/b16-9-. The number of hydrogen-bond acceptors (Lipinski definition) is 7. The zero-order chi connectivity index (χ0) is 17.1. The van der Waals surface area contributed by atoms with E-state index in [1.54, 1.807) is 25.1 Å². The second-order valence-corrected chi connectivity index (χ2v) is 5.87. The van der Waals surface area contributed by atoms with Gasteiger partial charge in [-0.3, -0.25) is 14.9 Å². The van der Waals surface area contributed by atoms with E-state index in [4.69, 9.17) is 9.47 Å². The molecule has 3 rings (SSSR count). The summed E-state index contributed by atoms with van der Waals surface area (Å²) in [6, 6.07) is 8.49. The zero-order valence-electron chi connectivity index (χ0n) is 12.6. The van der Waals surface area contributed by atoms with Crippen molar-refractivity contribution in [2.75, 3.05) is 6.61 Å². The summed E-state index contributed by atoms with van der Waals surface area (Å²) in [7, 11) is 0. The topological polar surface area (TPSA) is 103 Å². The molecule has 1 aromatic carbocycles. The number of nitro groups is 1. The van der Waals surface area contributed by atoms with Crippen molar-refractivity contribution in [3.8, 4) is 11.5 Å². The Morgan fingerprint density at radius 1 is 1.42 bits per heavy atom. The minimum atomic E-state index is -0.811. The number of carbonyl (C=O) groups excluding carboxylic acids is 1. The maximum atomic E-state index is 12.1. The number of ether oxygens (including phenoxy) is 2. The highest BCUT2D eigenvalue weighted by atomic mass is 32.1. The Labute approximate surface area is 140 Å². The van der Waals surface area contributed by atoms with Gasteiger partial charge in [-0.1, -0.05) is 12.1 Å². The molecule has 0 spiro atoms. The second-order valence-electron chi connectivity index (χ2n) is 4.96. The van der Waals surface area contributed by atoms with Gasteiger partial charge in [0, 0.05) is 6.07 Å². The SMILES string of the molecule is C/C(=N/NC(=O)C1COc2ccccc2O1)c1cc([N+](=O)[O-])cs1. The summed E-state index contributed by atoms with van der Waals surface area (Å²) in [5, 5.41) is 16.1. The van der Waals surface area contributed by atoms with Crippen molar-refractivity contribution in [1.29, 1.82) is 0 Å². The van der Waals surface area contributed by atoms with Gasteiger partial charge in [0.05, 0.1) is 20.9 Å². The van der Waals surface area contributed by atoms with E-state index < -0.39 is 16.9 Å². The van der Waals surface area contributed by atoms with Crippen LogP contribution in [0.3, 0.4) is 0 Å². The Bertz CT molecular complexity index is 817. The third-order valence-electron chi connectivity index (χ3n) is 3.29. The second kappa shape index (κ2) is 6.67. The largest absolute Gasteiger partial charge is 0.485 e. The minimum Gasteiger partial charge on any atom is -0.485 e. The van der Waals surface area contributed by atoms with Crippen LogP contribution in [-0.4, -0.2) is 29.3 Å². The van der Waals surface area contributed by atoms with Gasteiger partial charge in [-0.05, 0) is 19.1 Å². The minimum absolute atomic E-state index is 0.00324. The summed E-state index contributed by atoms with van der Waals surface area (Å²) in [5.74, 6) is 0.639. The number of hydrogen-bond donors (Lipinski definition) is 1. The lowest BCUT2D eigenvalue weighted by molar-refractivity contribution is -0.384. The number of nitrogens with zero attached hydrogens (tertiary/aromatic N) is 2. The number of benzene rings is 1. The van der Waals surface area contributed by atoms with Gasteiger partial charge in [0.2, 0.25) is 6.10 Å². The van der Waals surface area contributed by atoms with Gasteiger partial charge in [0.1, 0.15) is 6.61 Å². The number of hydrazone groups is 1. The Morgan fingerprint density at radius 2 is 2.17 bits per heavy atom. The Kier molecular flexibility index (Phi) is 4.43. The lowest BCUT2D eigenvalue weighted by Crippen LogP contribution is -2.42. The van der Waals surface area contributed by atoms with Crippen molar-refractivity contribution in [2.24, 2.45) is 5.10 Å². The Hall–Kier alpha value is -2.94. The van der Waals surface area contributed by atoms with E-state index in [9.17, 15) is 14.9 Å². The smallest absolute Gasteiger partial charge is 0.284 e. The van der Waals surface area contributed by atoms with Crippen LogP contribution in [0.5, 0.6) is 11.5 Å². The number of para-hydroxylation sites is 2. The fraction of sp³-hybridized carbons (Fsp3) is 0.200. The van der Waals surface area contributed by atoms with E-state index in [2.05, 4.69) is 10.5 Å². The van der Waals surface area contributed by atoms with E-state index in [0.29, 0.717) is 22.1 Å². The van der Waals surface area contributed by atoms with Crippen LogP contribution in [0.25, 0.3) is 0 Å². The highest BCUT2D eigenvalue weighted by Crippen LogP contribution is 2.30. The van der Waals surface area contributed by atoms with Gasteiger partial charge in [0.25, 0.3) is 11.6 Å². The molecule has 1 unspecified atom stereocenters. The number of fused-ring (bicyclic) bond motifs is 1.